The number of furan rings is 1. The third-order valence-electron chi connectivity index (χ3n) is 4.15. The maximum absolute atomic E-state index is 12.5. The highest BCUT2D eigenvalue weighted by atomic mass is 32.2. The van der Waals surface area contributed by atoms with Crippen molar-refractivity contribution in [1.82, 2.24) is 9.62 Å². The zero-order chi connectivity index (χ0) is 20.7. The first-order valence-electron chi connectivity index (χ1n) is 9.07. The molecular weight excluding hydrogens is 390 g/mol. The SMILES string of the molecule is CN(CC(=O)Nc1cccc(S(=O)(=O)NCc2ccco2)c1)Cc1ccccc1. The maximum Gasteiger partial charge on any atom is 0.241 e. The van der Waals surface area contributed by atoms with Crippen LogP contribution in [0.1, 0.15) is 11.3 Å². The molecule has 0 aliphatic heterocycles. The molecule has 3 aromatic rings. The van der Waals surface area contributed by atoms with Gasteiger partial charge in [0.15, 0.2) is 0 Å². The molecule has 2 N–H and O–H groups in total. The van der Waals surface area contributed by atoms with Gasteiger partial charge in [0.1, 0.15) is 5.76 Å². The molecule has 0 aliphatic rings. The van der Waals surface area contributed by atoms with Crippen LogP contribution in [0.2, 0.25) is 0 Å². The number of hydrogen-bond acceptors (Lipinski definition) is 5. The topological polar surface area (TPSA) is 91.7 Å². The van der Waals surface area contributed by atoms with Gasteiger partial charge in [-0.25, -0.2) is 13.1 Å². The molecule has 1 aromatic heterocycles. The summed E-state index contributed by atoms with van der Waals surface area (Å²) in [4.78, 5) is 14.3. The van der Waals surface area contributed by atoms with Gasteiger partial charge in [0.05, 0.1) is 24.2 Å². The molecule has 2 aromatic carbocycles. The molecule has 0 spiro atoms. The highest BCUT2D eigenvalue weighted by Crippen LogP contribution is 2.16. The van der Waals surface area contributed by atoms with Gasteiger partial charge in [-0.05, 0) is 42.9 Å². The fraction of sp³-hybridized carbons (Fsp3) is 0.190. The van der Waals surface area contributed by atoms with Crippen molar-refractivity contribution >= 4 is 21.6 Å². The van der Waals surface area contributed by atoms with Gasteiger partial charge >= 0.3 is 0 Å². The second kappa shape index (κ2) is 9.51. The average Bonchev–Trinajstić information content (AvgIpc) is 3.21. The van der Waals surface area contributed by atoms with E-state index in [1.807, 2.05) is 42.3 Å². The zero-order valence-electron chi connectivity index (χ0n) is 16.0. The summed E-state index contributed by atoms with van der Waals surface area (Å²) in [7, 11) is -1.88. The Morgan fingerprint density at radius 1 is 1.03 bits per heavy atom. The first kappa shape index (κ1) is 20.8. The van der Waals surface area contributed by atoms with Crippen LogP contribution in [0, 0.1) is 0 Å². The van der Waals surface area contributed by atoms with Crippen molar-refractivity contribution < 1.29 is 17.6 Å². The standard InChI is InChI=1S/C21H23N3O4S/c1-24(15-17-7-3-2-4-8-17)16-21(25)23-18-9-5-11-20(13-18)29(26,27)22-14-19-10-6-12-28-19/h2-13,22H,14-16H2,1H3,(H,23,25). The first-order valence-corrected chi connectivity index (χ1v) is 10.5. The monoisotopic (exact) mass is 413 g/mol. The van der Waals surface area contributed by atoms with E-state index in [2.05, 4.69) is 10.0 Å². The minimum Gasteiger partial charge on any atom is -0.468 e. The van der Waals surface area contributed by atoms with E-state index < -0.39 is 10.0 Å². The smallest absolute Gasteiger partial charge is 0.241 e. The van der Waals surface area contributed by atoms with E-state index in [0.29, 0.717) is 18.0 Å². The highest BCUT2D eigenvalue weighted by Gasteiger charge is 2.16. The number of nitrogens with zero attached hydrogens (tertiary/aromatic N) is 1. The summed E-state index contributed by atoms with van der Waals surface area (Å²) in [5.74, 6) is 0.293. The predicted molar refractivity (Wildman–Crippen MR) is 111 cm³/mol. The van der Waals surface area contributed by atoms with E-state index in [4.69, 9.17) is 4.42 Å². The molecule has 0 fully saturated rings. The van der Waals surface area contributed by atoms with Crippen LogP contribution in [0.15, 0.2) is 82.3 Å². The Morgan fingerprint density at radius 2 is 1.83 bits per heavy atom. The van der Waals surface area contributed by atoms with Crippen LogP contribution in [0.3, 0.4) is 0 Å². The van der Waals surface area contributed by atoms with Gasteiger partial charge < -0.3 is 9.73 Å². The normalized spacial score (nSPS) is 11.5. The van der Waals surface area contributed by atoms with Crippen molar-refractivity contribution in [2.24, 2.45) is 0 Å². The van der Waals surface area contributed by atoms with Gasteiger partial charge in [-0.3, -0.25) is 9.69 Å². The van der Waals surface area contributed by atoms with E-state index in [0.717, 1.165) is 5.56 Å². The number of carbonyl (C=O) groups excluding carboxylic acids is 1. The van der Waals surface area contributed by atoms with E-state index in [9.17, 15) is 13.2 Å². The van der Waals surface area contributed by atoms with Crippen LogP contribution < -0.4 is 10.0 Å². The number of nitrogens with one attached hydrogen (secondary N) is 2. The van der Waals surface area contributed by atoms with E-state index in [1.54, 1.807) is 24.3 Å². The molecule has 1 heterocycles. The minimum atomic E-state index is -3.73. The number of benzene rings is 2. The lowest BCUT2D eigenvalue weighted by molar-refractivity contribution is -0.117. The lowest BCUT2D eigenvalue weighted by Crippen LogP contribution is -2.30. The quantitative estimate of drug-likeness (QED) is 0.563. The molecule has 0 radical (unpaired) electrons. The number of likely N-dealkylation sites (N-methyl/N-ethyl adjacent to an activating group) is 1. The van der Waals surface area contributed by atoms with Crippen LogP contribution in [0.25, 0.3) is 0 Å². The summed E-state index contributed by atoms with van der Waals surface area (Å²) in [6.45, 7) is 0.873. The van der Waals surface area contributed by atoms with Gasteiger partial charge in [-0.1, -0.05) is 36.4 Å². The van der Waals surface area contributed by atoms with Crippen LogP contribution in [0.5, 0.6) is 0 Å². The molecule has 0 aliphatic carbocycles. The summed E-state index contributed by atoms with van der Waals surface area (Å²) in [5, 5.41) is 2.75. The number of anilines is 1. The summed E-state index contributed by atoms with van der Waals surface area (Å²) in [5.41, 5.74) is 1.53. The van der Waals surface area contributed by atoms with Crippen LogP contribution >= 0.6 is 0 Å². The molecule has 0 unspecified atom stereocenters. The van der Waals surface area contributed by atoms with Crippen molar-refractivity contribution in [3.63, 3.8) is 0 Å². The third kappa shape index (κ3) is 6.28. The Morgan fingerprint density at radius 3 is 2.55 bits per heavy atom. The molecule has 3 rings (SSSR count). The lowest BCUT2D eigenvalue weighted by Gasteiger charge is -2.16. The molecule has 0 bridgehead atoms. The largest absolute Gasteiger partial charge is 0.468 e. The summed E-state index contributed by atoms with van der Waals surface area (Å²) < 4.78 is 32.6. The van der Waals surface area contributed by atoms with Crippen LogP contribution in [-0.4, -0.2) is 32.8 Å². The Kier molecular flexibility index (Phi) is 6.82. The second-order valence-corrected chi connectivity index (χ2v) is 8.40. The van der Waals surface area contributed by atoms with Crippen LogP contribution in [0.4, 0.5) is 5.69 Å². The fourth-order valence-corrected chi connectivity index (χ4v) is 3.84. The Bertz CT molecular complexity index is 1030. The van der Waals surface area contributed by atoms with Gasteiger partial charge in [0.25, 0.3) is 0 Å². The predicted octanol–water partition coefficient (Wildman–Crippen LogP) is 2.83. The number of hydrogen-bond donors (Lipinski definition) is 2. The maximum atomic E-state index is 12.5. The van der Waals surface area contributed by atoms with E-state index in [1.165, 1.54) is 18.4 Å². The minimum absolute atomic E-state index is 0.0518. The molecule has 0 saturated heterocycles. The molecule has 29 heavy (non-hydrogen) atoms. The molecule has 1 amide bonds. The fourth-order valence-electron chi connectivity index (χ4n) is 2.80. The third-order valence-corrected chi connectivity index (χ3v) is 5.55. The van der Waals surface area contributed by atoms with Gasteiger partial charge in [-0.15, -0.1) is 0 Å². The molecular formula is C21H23N3O4S. The molecule has 152 valence electrons. The number of sulfonamides is 1. The van der Waals surface area contributed by atoms with Crippen LogP contribution in [-0.2, 0) is 27.9 Å². The number of rotatable bonds is 9. The summed E-state index contributed by atoms with van der Waals surface area (Å²) in [6, 6.07) is 19.4. The van der Waals surface area contributed by atoms with Crippen molar-refractivity contribution in [2.45, 2.75) is 18.0 Å². The molecule has 0 atom stereocenters. The van der Waals surface area contributed by atoms with Crippen molar-refractivity contribution in [1.29, 1.82) is 0 Å². The Hall–Kier alpha value is -2.94. The zero-order valence-corrected chi connectivity index (χ0v) is 16.9. The Labute approximate surface area is 170 Å². The van der Waals surface area contributed by atoms with E-state index >= 15 is 0 Å². The average molecular weight is 413 g/mol. The summed E-state index contributed by atoms with van der Waals surface area (Å²) in [6.07, 6.45) is 1.48. The van der Waals surface area contributed by atoms with Crippen molar-refractivity contribution in [3.05, 3.63) is 84.3 Å². The van der Waals surface area contributed by atoms with Gasteiger partial charge in [-0.2, -0.15) is 0 Å². The van der Waals surface area contributed by atoms with E-state index in [-0.39, 0.29) is 23.9 Å². The number of amides is 1. The van der Waals surface area contributed by atoms with Gasteiger partial charge in [0, 0.05) is 12.2 Å². The lowest BCUT2D eigenvalue weighted by atomic mass is 10.2. The summed E-state index contributed by atoms with van der Waals surface area (Å²) >= 11 is 0. The highest BCUT2D eigenvalue weighted by molar-refractivity contribution is 7.89. The van der Waals surface area contributed by atoms with Crippen molar-refractivity contribution in [2.75, 3.05) is 18.9 Å². The van der Waals surface area contributed by atoms with Gasteiger partial charge in [0.2, 0.25) is 15.9 Å². The number of carbonyl (C=O) groups is 1. The molecule has 0 saturated carbocycles. The second-order valence-electron chi connectivity index (χ2n) is 6.64. The Balaban J connectivity index is 1.57. The molecule has 8 heteroatoms. The first-order chi connectivity index (χ1) is 13.9. The molecule has 7 nitrogen and oxygen atoms in total. The van der Waals surface area contributed by atoms with Crippen molar-refractivity contribution in [3.8, 4) is 0 Å².